The number of aromatic nitrogens is 1. The Morgan fingerprint density at radius 2 is 1.58 bits per heavy atom. The van der Waals surface area contributed by atoms with Crippen molar-refractivity contribution in [2.24, 2.45) is 0 Å². The number of alkyl halides is 3. The smallest absolute Gasteiger partial charge is 0.418 e. The molecule has 4 rings (SSSR count). The minimum atomic E-state index is -4.65. The van der Waals surface area contributed by atoms with Gasteiger partial charge in [-0.15, -0.1) is 0 Å². The molecule has 0 aliphatic carbocycles. The van der Waals surface area contributed by atoms with E-state index in [0.717, 1.165) is 29.0 Å². The van der Waals surface area contributed by atoms with Crippen LogP contribution in [0.5, 0.6) is 0 Å². The minimum absolute atomic E-state index is 0.197. The van der Waals surface area contributed by atoms with E-state index in [-0.39, 0.29) is 16.0 Å². The molecule has 0 saturated heterocycles. The van der Waals surface area contributed by atoms with Gasteiger partial charge < -0.3 is 9.73 Å². The van der Waals surface area contributed by atoms with Crippen molar-refractivity contribution in [1.82, 2.24) is 4.98 Å². The van der Waals surface area contributed by atoms with Crippen molar-refractivity contribution in [3.8, 4) is 22.6 Å². The van der Waals surface area contributed by atoms with E-state index in [2.05, 4.69) is 10.3 Å². The number of hydrogen-bond acceptors (Lipinski definition) is 4. The predicted molar refractivity (Wildman–Crippen MR) is 123 cm³/mol. The maximum Gasteiger partial charge on any atom is 0.418 e. The summed E-state index contributed by atoms with van der Waals surface area (Å²) < 4.78 is 45.7. The second-order valence-corrected chi connectivity index (χ2v) is 8.22. The summed E-state index contributed by atoms with van der Waals surface area (Å²) in [6.45, 7) is 0. The van der Waals surface area contributed by atoms with Crippen LogP contribution >= 0.6 is 23.4 Å². The van der Waals surface area contributed by atoms with Gasteiger partial charge in [-0.1, -0.05) is 90.1 Å². The number of hydrogen-bond donors (Lipinski definition) is 1. The molecule has 0 atom stereocenters. The van der Waals surface area contributed by atoms with Crippen LogP contribution in [0.3, 0.4) is 0 Å². The predicted octanol–water partition coefficient (Wildman–Crippen LogP) is 7.41. The molecule has 1 heterocycles. The summed E-state index contributed by atoms with van der Waals surface area (Å²) in [4.78, 5) is 16.9. The number of halogens is 4. The van der Waals surface area contributed by atoms with E-state index in [0.29, 0.717) is 11.5 Å². The highest BCUT2D eigenvalue weighted by molar-refractivity contribution is 7.99. The Labute approximate surface area is 196 Å². The third-order valence-corrected chi connectivity index (χ3v) is 5.74. The number of anilines is 1. The SMILES string of the molecule is O=C(CSc1nc(-c2ccccc2)c(-c2ccccc2)o1)Nc1c(Cl)cccc1C(F)(F)F. The molecule has 0 aliphatic rings. The van der Waals surface area contributed by atoms with Gasteiger partial charge in [-0.05, 0) is 12.1 Å². The maximum atomic E-state index is 13.3. The monoisotopic (exact) mass is 488 g/mol. The zero-order chi connectivity index (χ0) is 23.4. The van der Waals surface area contributed by atoms with Gasteiger partial charge in [0.15, 0.2) is 5.76 Å². The number of amides is 1. The highest BCUT2D eigenvalue weighted by Crippen LogP contribution is 2.39. The molecule has 4 nitrogen and oxygen atoms in total. The van der Waals surface area contributed by atoms with Crippen LogP contribution in [0, 0.1) is 0 Å². The molecule has 0 radical (unpaired) electrons. The van der Waals surface area contributed by atoms with Crippen LogP contribution in [-0.4, -0.2) is 16.6 Å². The number of benzene rings is 3. The minimum Gasteiger partial charge on any atom is -0.431 e. The molecular formula is C24H16ClF3N2O2S. The summed E-state index contributed by atoms with van der Waals surface area (Å²) >= 11 is 6.88. The summed E-state index contributed by atoms with van der Waals surface area (Å²) in [5.74, 6) is -0.347. The Balaban J connectivity index is 1.55. The Morgan fingerprint density at radius 1 is 0.939 bits per heavy atom. The van der Waals surface area contributed by atoms with Crippen molar-refractivity contribution < 1.29 is 22.4 Å². The molecular weight excluding hydrogens is 473 g/mol. The number of carbonyl (C=O) groups excluding carboxylic acids is 1. The van der Waals surface area contributed by atoms with Gasteiger partial charge in [0.25, 0.3) is 5.22 Å². The van der Waals surface area contributed by atoms with Crippen LogP contribution in [0.25, 0.3) is 22.6 Å². The number of thioether (sulfide) groups is 1. The number of nitrogens with zero attached hydrogens (tertiary/aromatic N) is 1. The molecule has 0 spiro atoms. The van der Waals surface area contributed by atoms with Crippen molar-refractivity contribution in [1.29, 1.82) is 0 Å². The van der Waals surface area contributed by atoms with Gasteiger partial charge in [-0.2, -0.15) is 13.2 Å². The molecule has 9 heteroatoms. The fourth-order valence-electron chi connectivity index (χ4n) is 3.13. The maximum absolute atomic E-state index is 13.3. The fraction of sp³-hybridized carbons (Fsp3) is 0.0833. The fourth-order valence-corrected chi connectivity index (χ4v) is 3.98. The number of oxazole rings is 1. The molecule has 4 aromatic rings. The van der Waals surface area contributed by atoms with Crippen molar-refractivity contribution in [2.75, 3.05) is 11.1 Å². The quantitative estimate of drug-likeness (QED) is 0.287. The molecule has 0 bridgehead atoms. The number of para-hydroxylation sites is 1. The van der Waals surface area contributed by atoms with Crippen molar-refractivity contribution >= 4 is 35.0 Å². The Morgan fingerprint density at radius 3 is 2.21 bits per heavy atom. The van der Waals surface area contributed by atoms with Crippen LogP contribution in [0.4, 0.5) is 18.9 Å². The summed E-state index contributed by atoms with van der Waals surface area (Å²) in [6, 6.07) is 22.1. The zero-order valence-electron chi connectivity index (χ0n) is 16.9. The third-order valence-electron chi connectivity index (χ3n) is 4.60. The highest BCUT2D eigenvalue weighted by atomic mass is 35.5. The molecule has 168 valence electrons. The summed E-state index contributed by atoms with van der Waals surface area (Å²) in [5, 5.41) is 2.28. The van der Waals surface area contributed by atoms with Crippen molar-refractivity contribution in [3.05, 3.63) is 89.4 Å². The van der Waals surface area contributed by atoms with Crippen LogP contribution < -0.4 is 5.32 Å². The molecule has 0 fully saturated rings. The van der Waals surface area contributed by atoms with E-state index in [1.165, 1.54) is 12.1 Å². The van der Waals surface area contributed by atoms with Gasteiger partial charge in [0.1, 0.15) is 5.69 Å². The van der Waals surface area contributed by atoms with Crippen molar-refractivity contribution in [2.45, 2.75) is 11.4 Å². The molecule has 33 heavy (non-hydrogen) atoms. The highest BCUT2D eigenvalue weighted by Gasteiger charge is 2.34. The summed E-state index contributed by atoms with van der Waals surface area (Å²) in [5.41, 5.74) is 0.769. The summed E-state index contributed by atoms with van der Waals surface area (Å²) in [7, 11) is 0. The lowest BCUT2D eigenvalue weighted by Gasteiger charge is -2.14. The topological polar surface area (TPSA) is 55.1 Å². The first-order chi connectivity index (χ1) is 15.8. The first-order valence-electron chi connectivity index (χ1n) is 9.73. The van der Waals surface area contributed by atoms with E-state index in [1.807, 2.05) is 60.7 Å². The first kappa shape index (κ1) is 22.9. The Bertz CT molecular complexity index is 1200. The average Bonchev–Trinajstić information content (AvgIpc) is 3.24. The molecule has 1 aromatic heterocycles. The van der Waals surface area contributed by atoms with E-state index in [9.17, 15) is 18.0 Å². The van der Waals surface area contributed by atoms with Crippen LogP contribution in [0.15, 0.2) is 88.5 Å². The first-order valence-corrected chi connectivity index (χ1v) is 11.1. The number of nitrogens with one attached hydrogen (secondary N) is 1. The molecule has 1 amide bonds. The van der Waals surface area contributed by atoms with Gasteiger partial charge >= 0.3 is 6.18 Å². The van der Waals surface area contributed by atoms with E-state index < -0.39 is 23.3 Å². The van der Waals surface area contributed by atoms with Crippen LogP contribution in [0.2, 0.25) is 5.02 Å². The average molecular weight is 489 g/mol. The van der Waals surface area contributed by atoms with Crippen LogP contribution in [-0.2, 0) is 11.0 Å². The van der Waals surface area contributed by atoms with E-state index in [1.54, 1.807) is 0 Å². The second kappa shape index (κ2) is 9.72. The molecule has 0 unspecified atom stereocenters. The summed E-state index contributed by atoms with van der Waals surface area (Å²) in [6.07, 6.45) is -4.65. The molecule has 1 N–H and O–H groups in total. The number of carbonyl (C=O) groups is 1. The van der Waals surface area contributed by atoms with E-state index in [4.69, 9.17) is 16.0 Å². The largest absolute Gasteiger partial charge is 0.431 e. The number of rotatable bonds is 6. The standard InChI is InChI=1S/C24H16ClF3N2O2S/c25-18-13-7-12-17(24(26,27)28)21(18)29-19(31)14-33-23-30-20(15-8-3-1-4-9-15)22(32-23)16-10-5-2-6-11-16/h1-13H,14H2,(H,29,31). The molecule has 0 saturated carbocycles. The Hall–Kier alpha value is -3.23. The van der Waals surface area contributed by atoms with Gasteiger partial charge in [-0.25, -0.2) is 4.98 Å². The van der Waals surface area contributed by atoms with Crippen molar-refractivity contribution in [3.63, 3.8) is 0 Å². The van der Waals surface area contributed by atoms with Gasteiger partial charge in [-0.3, -0.25) is 4.79 Å². The Kier molecular flexibility index (Phi) is 6.76. The van der Waals surface area contributed by atoms with Crippen LogP contribution in [0.1, 0.15) is 5.56 Å². The van der Waals surface area contributed by atoms with Gasteiger partial charge in [0, 0.05) is 11.1 Å². The normalized spacial score (nSPS) is 11.4. The second-order valence-electron chi connectivity index (χ2n) is 6.89. The third kappa shape index (κ3) is 5.40. The zero-order valence-corrected chi connectivity index (χ0v) is 18.5. The molecule has 3 aromatic carbocycles. The van der Waals surface area contributed by atoms with Gasteiger partial charge in [0.05, 0.1) is 22.0 Å². The lowest BCUT2D eigenvalue weighted by molar-refractivity contribution is -0.137. The van der Waals surface area contributed by atoms with Gasteiger partial charge in [0.2, 0.25) is 5.91 Å². The molecule has 0 aliphatic heterocycles. The lowest BCUT2D eigenvalue weighted by atomic mass is 10.1. The van der Waals surface area contributed by atoms with E-state index >= 15 is 0 Å². The lowest BCUT2D eigenvalue weighted by Crippen LogP contribution is -2.18.